The zero-order valence-corrected chi connectivity index (χ0v) is 12.7. The number of nitrogens with zero attached hydrogens (tertiary/aromatic N) is 1. The van der Waals surface area contributed by atoms with Gasteiger partial charge in [-0.3, -0.25) is 0 Å². The molecule has 0 unspecified atom stereocenters. The lowest BCUT2D eigenvalue weighted by Gasteiger charge is -2.12. The number of aromatic amines is 1. The number of benzene rings is 2. The first-order valence-corrected chi connectivity index (χ1v) is 7.37. The molecule has 0 aliphatic carbocycles. The van der Waals surface area contributed by atoms with Crippen LogP contribution in [0.15, 0.2) is 42.5 Å². The minimum absolute atomic E-state index is 0.106. The van der Waals surface area contributed by atoms with Crippen molar-refractivity contribution < 1.29 is 4.74 Å². The lowest BCUT2D eigenvalue weighted by Crippen LogP contribution is -2.05. The molecule has 0 fully saturated rings. The van der Waals surface area contributed by atoms with Crippen molar-refractivity contribution in [1.29, 1.82) is 0 Å². The Balaban J connectivity index is 1.80. The summed E-state index contributed by atoms with van der Waals surface area (Å²) in [7, 11) is 0. The first-order chi connectivity index (χ1) is 10.2. The highest BCUT2D eigenvalue weighted by atomic mass is 16.5. The van der Waals surface area contributed by atoms with Crippen LogP contribution in [0.25, 0.3) is 11.0 Å². The number of aromatic nitrogens is 2. The largest absolute Gasteiger partial charge is 0.483 e. The van der Waals surface area contributed by atoms with Crippen LogP contribution in [-0.4, -0.2) is 9.97 Å². The fourth-order valence-electron chi connectivity index (χ4n) is 2.40. The summed E-state index contributed by atoms with van der Waals surface area (Å²) in [6, 6.07) is 14.4. The summed E-state index contributed by atoms with van der Waals surface area (Å²) in [5.74, 6) is 1.73. The molecule has 1 atom stereocenters. The van der Waals surface area contributed by atoms with E-state index in [1.165, 1.54) is 11.1 Å². The maximum atomic E-state index is 5.97. The number of hydrogen-bond acceptors (Lipinski definition) is 2. The predicted octanol–water partition coefficient (Wildman–Crippen LogP) is 4.57. The molecule has 3 rings (SSSR count). The SMILES string of the molecule is CCc1ccc(O[C@H](C)c2nc3ccc(C)cc3[nH]2)cc1. The van der Waals surface area contributed by atoms with Gasteiger partial charge in [-0.2, -0.15) is 0 Å². The number of H-pyrrole nitrogens is 1. The Morgan fingerprint density at radius 1 is 1.14 bits per heavy atom. The van der Waals surface area contributed by atoms with E-state index in [4.69, 9.17) is 4.74 Å². The lowest BCUT2D eigenvalue weighted by molar-refractivity contribution is 0.218. The summed E-state index contributed by atoms with van der Waals surface area (Å²) >= 11 is 0. The van der Waals surface area contributed by atoms with Crippen LogP contribution < -0.4 is 4.74 Å². The van der Waals surface area contributed by atoms with Crippen molar-refractivity contribution in [2.75, 3.05) is 0 Å². The van der Waals surface area contributed by atoms with Gasteiger partial charge in [-0.1, -0.05) is 25.1 Å². The van der Waals surface area contributed by atoms with Crippen LogP contribution in [-0.2, 0) is 6.42 Å². The van der Waals surface area contributed by atoms with Crippen LogP contribution in [0.1, 0.15) is 36.9 Å². The number of hydrogen-bond donors (Lipinski definition) is 1. The van der Waals surface area contributed by atoms with E-state index in [0.29, 0.717) is 0 Å². The molecule has 0 aliphatic rings. The van der Waals surface area contributed by atoms with Crippen LogP contribution >= 0.6 is 0 Å². The summed E-state index contributed by atoms with van der Waals surface area (Å²) < 4.78 is 5.97. The van der Waals surface area contributed by atoms with Gasteiger partial charge in [-0.15, -0.1) is 0 Å². The summed E-state index contributed by atoms with van der Waals surface area (Å²) in [6.07, 6.45) is 0.934. The molecule has 0 amide bonds. The summed E-state index contributed by atoms with van der Waals surface area (Å²) in [4.78, 5) is 7.95. The van der Waals surface area contributed by atoms with Crippen LogP contribution in [0.2, 0.25) is 0 Å². The predicted molar refractivity (Wildman–Crippen MR) is 85.7 cm³/mol. The smallest absolute Gasteiger partial charge is 0.153 e. The Morgan fingerprint density at radius 2 is 1.90 bits per heavy atom. The van der Waals surface area contributed by atoms with Gasteiger partial charge < -0.3 is 9.72 Å². The van der Waals surface area contributed by atoms with Crippen molar-refractivity contribution in [2.24, 2.45) is 0 Å². The maximum Gasteiger partial charge on any atom is 0.153 e. The number of aryl methyl sites for hydroxylation is 2. The van der Waals surface area contributed by atoms with Crippen molar-refractivity contribution in [1.82, 2.24) is 9.97 Å². The molecule has 0 saturated carbocycles. The van der Waals surface area contributed by atoms with Crippen molar-refractivity contribution in [3.63, 3.8) is 0 Å². The number of ether oxygens (including phenoxy) is 1. The fraction of sp³-hybridized carbons (Fsp3) is 0.278. The Hall–Kier alpha value is -2.29. The molecule has 1 aromatic heterocycles. The highest BCUT2D eigenvalue weighted by Crippen LogP contribution is 2.23. The van der Waals surface area contributed by atoms with E-state index in [1.807, 2.05) is 25.1 Å². The molecule has 0 bridgehead atoms. The van der Waals surface area contributed by atoms with Crippen molar-refractivity contribution >= 4 is 11.0 Å². The highest BCUT2D eigenvalue weighted by molar-refractivity contribution is 5.75. The Kier molecular flexibility index (Phi) is 3.65. The number of rotatable bonds is 4. The molecule has 1 N–H and O–H groups in total. The molecule has 108 valence electrons. The summed E-state index contributed by atoms with van der Waals surface area (Å²) in [5.41, 5.74) is 4.57. The highest BCUT2D eigenvalue weighted by Gasteiger charge is 2.12. The van der Waals surface area contributed by atoms with E-state index in [2.05, 4.69) is 48.1 Å². The molecule has 21 heavy (non-hydrogen) atoms. The standard InChI is InChI=1S/C18H20N2O/c1-4-14-6-8-15(9-7-14)21-13(3)18-19-16-10-5-12(2)11-17(16)20-18/h5-11,13H,4H2,1-3H3,(H,19,20)/t13-/m1/s1. The van der Waals surface area contributed by atoms with Crippen LogP contribution in [0.3, 0.4) is 0 Å². The van der Waals surface area contributed by atoms with E-state index in [9.17, 15) is 0 Å². The van der Waals surface area contributed by atoms with Gasteiger partial charge in [0.2, 0.25) is 0 Å². The second-order valence-corrected chi connectivity index (χ2v) is 5.40. The third-order valence-electron chi connectivity index (χ3n) is 3.69. The Bertz CT molecular complexity index is 744. The van der Waals surface area contributed by atoms with Crippen LogP contribution in [0.5, 0.6) is 5.75 Å². The third-order valence-corrected chi connectivity index (χ3v) is 3.69. The first-order valence-electron chi connectivity index (χ1n) is 7.37. The molecule has 0 aliphatic heterocycles. The van der Waals surface area contributed by atoms with E-state index in [1.54, 1.807) is 0 Å². The summed E-state index contributed by atoms with van der Waals surface area (Å²) in [6.45, 7) is 6.24. The van der Waals surface area contributed by atoms with Crippen LogP contribution in [0, 0.1) is 6.92 Å². The average molecular weight is 280 g/mol. The molecule has 0 saturated heterocycles. The summed E-state index contributed by atoms with van der Waals surface area (Å²) in [5, 5.41) is 0. The van der Waals surface area contributed by atoms with Gasteiger partial charge in [-0.05, 0) is 55.7 Å². The second-order valence-electron chi connectivity index (χ2n) is 5.40. The third kappa shape index (κ3) is 2.92. The van der Waals surface area contributed by atoms with Gasteiger partial charge >= 0.3 is 0 Å². The zero-order chi connectivity index (χ0) is 14.8. The van der Waals surface area contributed by atoms with E-state index in [0.717, 1.165) is 29.0 Å². The monoisotopic (exact) mass is 280 g/mol. The molecule has 3 nitrogen and oxygen atoms in total. The minimum Gasteiger partial charge on any atom is -0.483 e. The second kappa shape index (κ2) is 5.60. The van der Waals surface area contributed by atoms with Gasteiger partial charge in [-0.25, -0.2) is 4.98 Å². The Morgan fingerprint density at radius 3 is 2.62 bits per heavy atom. The molecule has 3 aromatic rings. The van der Waals surface area contributed by atoms with E-state index < -0.39 is 0 Å². The van der Waals surface area contributed by atoms with E-state index >= 15 is 0 Å². The zero-order valence-electron chi connectivity index (χ0n) is 12.7. The maximum absolute atomic E-state index is 5.97. The fourth-order valence-corrected chi connectivity index (χ4v) is 2.40. The molecule has 1 heterocycles. The lowest BCUT2D eigenvalue weighted by atomic mass is 10.2. The molecular formula is C18H20N2O. The van der Waals surface area contributed by atoms with Gasteiger partial charge in [0.15, 0.2) is 6.10 Å². The van der Waals surface area contributed by atoms with Crippen molar-refractivity contribution in [3.8, 4) is 5.75 Å². The minimum atomic E-state index is -0.106. The number of imidazole rings is 1. The Labute approximate surface area is 125 Å². The molecular weight excluding hydrogens is 260 g/mol. The average Bonchev–Trinajstić information content (AvgIpc) is 2.91. The molecule has 0 radical (unpaired) electrons. The van der Waals surface area contributed by atoms with Gasteiger partial charge in [0, 0.05) is 0 Å². The van der Waals surface area contributed by atoms with Gasteiger partial charge in [0.05, 0.1) is 11.0 Å². The molecule has 3 heteroatoms. The normalized spacial score (nSPS) is 12.5. The van der Waals surface area contributed by atoms with Gasteiger partial charge in [0.1, 0.15) is 11.6 Å². The first kappa shape index (κ1) is 13.7. The van der Waals surface area contributed by atoms with Crippen LogP contribution in [0.4, 0.5) is 0 Å². The topological polar surface area (TPSA) is 37.9 Å². The van der Waals surface area contributed by atoms with Crippen molar-refractivity contribution in [2.45, 2.75) is 33.3 Å². The van der Waals surface area contributed by atoms with Gasteiger partial charge in [0.25, 0.3) is 0 Å². The molecule has 0 spiro atoms. The quantitative estimate of drug-likeness (QED) is 0.760. The molecule has 2 aromatic carbocycles. The van der Waals surface area contributed by atoms with Crippen molar-refractivity contribution in [3.05, 3.63) is 59.4 Å². The van der Waals surface area contributed by atoms with E-state index in [-0.39, 0.29) is 6.10 Å². The number of nitrogens with one attached hydrogen (secondary N) is 1. The number of fused-ring (bicyclic) bond motifs is 1.